The first kappa shape index (κ1) is 13.2. The number of pyridine rings is 1. The van der Waals surface area contributed by atoms with Crippen LogP contribution in [0.5, 0.6) is 0 Å². The molecule has 1 rings (SSSR count). The molecule has 0 saturated carbocycles. The van der Waals surface area contributed by atoms with Gasteiger partial charge < -0.3 is 15.3 Å². The van der Waals surface area contributed by atoms with Crippen molar-refractivity contribution in [1.29, 1.82) is 0 Å². The van der Waals surface area contributed by atoms with E-state index >= 15 is 0 Å². The minimum Gasteiger partial charge on any atom is -0.395 e. The van der Waals surface area contributed by atoms with Crippen LogP contribution in [0.15, 0.2) is 12.1 Å². The van der Waals surface area contributed by atoms with Crippen LogP contribution in [0, 0.1) is 10.1 Å². The van der Waals surface area contributed by atoms with Crippen molar-refractivity contribution >= 4 is 17.3 Å². The van der Waals surface area contributed by atoms with Crippen molar-refractivity contribution in [3.8, 4) is 0 Å². The number of aliphatic hydroxyl groups is 1. The Labute approximate surface area is 99.2 Å². The van der Waals surface area contributed by atoms with E-state index in [1.165, 1.54) is 12.1 Å². The lowest BCUT2D eigenvalue weighted by atomic mass is 10.3. The van der Waals surface area contributed by atoms with Crippen LogP contribution in [-0.2, 0) is 0 Å². The number of aromatic nitrogens is 1. The fraction of sp³-hybridized carbons (Fsp3) is 0.500. The van der Waals surface area contributed by atoms with Crippen molar-refractivity contribution in [2.75, 3.05) is 37.0 Å². The number of likely N-dealkylation sites (N-methyl/N-ethyl adjacent to an activating group) is 1. The Morgan fingerprint density at radius 3 is 2.82 bits per heavy atom. The van der Waals surface area contributed by atoms with Gasteiger partial charge in [-0.3, -0.25) is 10.1 Å². The summed E-state index contributed by atoms with van der Waals surface area (Å²) >= 11 is 0. The molecule has 0 atom stereocenters. The first-order valence-corrected chi connectivity index (χ1v) is 5.30. The lowest BCUT2D eigenvalue weighted by molar-refractivity contribution is -0.384. The van der Waals surface area contributed by atoms with Gasteiger partial charge >= 0.3 is 0 Å². The Hall–Kier alpha value is -1.89. The van der Waals surface area contributed by atoms with E-state index < -0.39 is 4.92 Å². The number of anilines is 2. The molecule has 0 aliphatic heterocycles. The second kappa shape index (κ2) is 6.00. The molecule has 0 saturated heterocycles. The van der Waals surface area contributed by atoms with E-state index in [4.69, 9.17) is 5.11 Å². The molecule has 0 fully saturated rings. The summed E-state index contributed by atoms with van der Waals surface area (Å²) in [6.45, 7) is 2.87. The van der Waals surface area contributed by atoms with Crippen LogP contribution in [0.2, 0.25) is 0 Å². The van der Waals surface area contributed by atoms with Gasteiger partial charge in [0.15, 0.2) is 0 Å². The molecule has 0 unspecified atom stereocenters. The number of nitrogens with one attached hydrogen (secondary N) is 1. The van der Waals surface area contributed by atoms with E-state index in [2.05, 4.69) is 10.3 Å². The smallest absolute Gasteiger partial charge is 0.276 e. The van der Waals surface area contributed by atoms with Crippen LogP contribution in [0.3, 0.4) is 0 Å². The molecule has 2 N–H and O–H groups in total. The topological polar surface area (TPSA) is 91.5 Å². The third-order valence-electron chi connectivity index (χ3n) is 2.19. The normalized spacial score (nSPS) is 10.1. The predicted molar refractivity (Wildman–Crippen MR) is 65.4 cm³/mol. The van der Waals surface area contributed by atoms with Gasteiger partial charge in [-0.05, 0) is 6.92 Å². The third-order valence-corrected chi connectivity index (χ3v) is 2.19. The van der Waals surface area contributed by atoms with Crippen molar-refractivity contribution in [2.24, 2.45) is 0 Å². The standard InChI is InChI=1S/C10H16N4O3/c1-3-11-9-6-8(14(16)17)7-10(12-9)13(2)4-5-15/h6-7,15H,3-5H2,1-2H3,(H,11,12). The summed E-state index contributed by atoms with van der Waals surface area (Å²) in [6, 6.07) is 2.77. The van der Waals surface area contributed by atoms with Gasteiger partial charge in [0.05, 0.1) is 23.7 Å². The molecule has 0 amide bonds. The fourth-order valence-corrected chi connectivity index (χ4v) is 1.34. The van der Waals surface area contributed by atoms with Gasteiger partial charge in [0.25, 0.3) is 5.69 Å². The molecule has 1 aromatic heterocycles. The first-order valence-electron chi connectivity index (χ1n) is 5.30. The van der Waals surface area contributed by atoms with E-state index in [1.54, 1.807) is 11.9 Å². The minimum atomic E-state index is -0.460. The Morgan fingerprint density at radius 1 is 1.59 bits per heavy atom. The zero-order valence-corrected chi connectivity index (χ0v) is 9.88. The maximum atomic E-state index is 10.8. The Bertz CT molecular complexity index is 397. The summed E-state index contributed by atoms with van der Waals surface area (Å²) in [5.74, 6) is 0.922. The van der Waals surface area contributed by atoms with Crippen molar-refractivity contribution in [3.63, 3.8) is 0 Å². The molecule has 0 aliphatic carbocycles. The average Bonchev–Trinajstić information content (AvgIpc) is 2.29. The van der Waals surface area contributed by atoms with Gasteiger partial charge in [0.1, 0.15) is 11.6 Å². The van der Waals surface area contributed by atoms with Gasteiger partial charge in [-0.25, -0.2) is 4.98 Å². The highest BCUT2D eigenvalue weighted by Crippen LogP contribution is 2.22. The molecule has 94 valence electrons. The zero-order valence-electron chi connectivity index (χ0n) is 9.88. The summed E-state index contributed by atoms with van der Waals surface area (Å²) < 4.78 is 0. The SMILES string of the molecule is CCNc1cc([N+](=O)[O-])cc(N(C)CCO)n1. The lowest BCUT2D eigenvalue weighted by Gasteiger charge is -2.17. The monoisotopic (exact) mass is 240 g/mol. The van der Waals surface area contributed by atoms with Crippen molar-refractivity contribution in [2.45, 2.75) is 6.92 Å². The summed E-state index contributed by atoms with van der Waals surface area (Å²) in [5.41, 5.74) is -0.0178. The van der Waals surface area contributed by atoms with Gasteiger partial charge in [0, 0.05) is 20.1 Å². The Balaban J connectivity index is 3.07. The quantitative estimate of drug-likeness (QED) is 0.565. The van der Waals surface area contributed by atoms with Crippen LogP contribution in [0.1, 0.15) is 6.92 Å². The molecule has 7 nitrogen and oxygen atoms in total. The van der Waals surface area contributed by atoms with E-state index in [9.17, 15) is 10.1 Å². The molecular weight excluding hydrogens is 224 g/mol. The summed E-state index contributed by atoms with van der Waals surface area (Å²) in [6.07, 6.45) is 0. The maximum Gasteiger partial charge on any atom is 0.276 e. The highest BCUT2D eigenvalue weighted by molar-refractivity contribution is 5.55. The Kier molecular flexibility index (Phi) is 4.65. The summed E-state index contributed by atoms with van der Waals surface area (Å²) in [5, 5.41) is 22.5. The zero-order chi connectivity index (χ0) is 12.8. The molecule has 0 bridgehead atoms. The number of rotatable bonds is 6. The Morgan fingerprint density at radius 2 is 2.29 bits per heavy atom. The first-order chi connectivity index (χ1) is 8.08. The molecule has 0 aliphatic rings. The van der Waals surface area contributed by atoms with Gasteiger partial charge in [-0.1, -0.05) is 0 Å². The molecule has 17 heavy (non-hydrogen) atoms. The molecule has 0 spiro atoms. The van der Waals surface area contributed by atoms with Gasteiger partial charge in [-0.2, -0.15) is 0 Å². The molecule has 7 heteroatoms. The highest BCUT2D eigenvalue weighted by atomic mass is 16.6. The summed E-state index contributed by atoms with van der Waals surface area (Å²) in [4.78, 5) is 16.2. The predicted octanol–water partition coefficient (Wildman–Crippen LogP) is 0.850. The van der Waals surface area contributed by atoms with Gasteiger partial charge in [-0.15, -0.1) is 0 Å². The lowest BCUT2D eigenvalue weighted by Crippen LogP contribution is -2.22. The molecule has 1 aromatic rings. The van der Waals surface area contributed by atoms with E-state index in [0.717, 1.165) is 0 Å². The van der Waals surface area contributed by atoms with Crippen LogP contribution in [0.25, 0.3) is 0 Å². The largest absolute Gasteiger partial charge is 0.395 e. The third kappa shape index (κ3) is 3.56. The number of nitrogens with zero attached hydrogens (tertiary/aromatic N) is 3. The highest BCUT2D eigenvalue weighted by Gasteiger charge is 2.13. The number of nitro groups is 1. The second-order valence-electron chi connectivity index (χ2n) is 3.50. The summed E-state index contributed by atoms with van der Waals surface area (Å²) in [7, 11) is 1.72. The van der Waals surface area contributed by atoms with Crippen LogP contribution in [0.4, 0.5) is 17.3 Å². The van der Waals surface area contributed by atoms with Crippen molar-refractivity contribution in [3.05, 3.63) is 22.2 Å². The number of hydrogen-bond acceptors (Lipinski definition) is 6. The number of aliphatic hydroxyl groups excluding tert-OH is 1. The van der Waals surface area contributed by atoms with Crippen molar-refractivity contribution < 1.29 is 10.0 Å². The number of hydrogen-bond donors (Lipinski definition) is 2. The fourth-order valence-electron chi connectivity index (χ4n) is 1.34. The molecular formula is C10H16N4O3. The van der Waals surface area contributed by atoms with E-state index in [-0.39, 0.29) is 12.3 Å². The average molecular weight is 240 g/mol. The van der Waals surface area contributed by atoms with Crippen LogP contribution in [-0.4, -0.2) is 41.8 Å². The van der Waals surface area contributed by atoms with E-state index in [0.29, 0.717) is 24.7 Å². The van der Waals surface area contributed by atoms with Crippen LogP contribution < -0.4 is 10.2 Å². The van der Waals surface area contributed by atoms with Crippen LogP contribution >= 0.6 is 0 Å². The van der Waals surface area contributed by atoms with Gasteiger partial charge in [0.2, 0.25) is 0 Å². The van der Waals surface area contributed by atoms with Crippen molar-refractivity contribution in [1.82, 2.24) is 4.98 Å². The minimum absolute atomic E-state index is 0.0178. The van der Waals surface area contributed by atoms with E-state index in [1.807, 2.05) is 6.92 Å². The molecule has 0 radical (unpaired) electrons. The molecule has 0 aromatic carbocycles. The maximum absolute atomic E-state index is 10.8. The molecule has 1 heterocycles. The second-order valence-corrected chi connectivity index (χ2v) is 3.50.